The summed E-state index contributed by atoms with van der Waals surface area (Å²) in [5.74, 6) is -2.02. The standard InChI is InChI=1S/C21H15ClFNO4S/c1-28-11-7-5-10(6-8-11)16-18-19(29-20(16)21(26)27)12(9-15(25)24-18)17-13(22)3-2-4-14(17)23/h2-8,12H,9H2,1H3,(H,24,25)(H,26,27)/t12-/m1/s1. The lowest BCUT2D eigenvalue weighted by molar-refractivity contribution is -0.116. The van der Waals surface area contributed by atoms with Crippen molar-refractivity contribution >= 4 is 40.5 Å². The Labute approximate surface area is 174 Å². The van der Waals surface area contributed by atoms with Crippen LogP contribution in [0.3, 0.4) is 0 Å². The second-order valence-corrected chi connectivity index (χ2v) is 7.98. The van der Waals surface area contributed by atoms with E-state index in [0.29, 0.717) is 27.4 Å². The summed E-state index contributed by atoms with van der Waals surface area (Å²) in [4.78, 5) is 25.1. The molecule has 2 N–H and O–H groups in total. The second kappa shape index (κ2) is 7.50. The lowest BCUT2D eigenvalue weighted by atomic mass is 9.88. The van der Waals surface area contributed by atoms with E-state index in [0.717, 1.165) is 11.3 Å². The minimum absolute atomic E-state index is 0.0186. The van der Waals surface area contributed by atoms with E-state index < -0.39 is 17.7 Å². The maximum absolute atomic E-state index is 14.6. The topological polar surface area (TPSA) is 75.6 Å². The van der Waals surface area contributed by atoms with Gasteiger partial charge in [-0.15, -0.1) is 11.3 Å². The molecular formula is C21H15ClFNO4S. The number of nitrogens with one attached hydrogen (secondary N) is 1. The van der Waals surface area contributed by atoms with E-state index in [1.807, 2.05) is 0 Å². The Morgan fingerprint density at radius 3 is 2.62 bits per heavy atom. The first-order valence-corrected chi connectivity index (χ1v) is 9.88. The fourth-order valence-electron chi connectivity index (χ4n) is 3.55. The van der Waals surface area contributed by atoms with E-state index in [4.69, 9.17) is 16.3 Å². The molecule has 1 aliphatic heterocycles. The fraction of sp³-hybridized carbons (Fsp3) is 0.143. The number of amides is 1. The smallest absolute Gasteiger partial charge is 0.346 e. The summed E-state index contributed by atoms with van der Waals surface area (Å²) in [5, 5.41) is 12.8. The average molecular weight is 432 g/mol. The zero-order chi connectivity index (χ0) is 20.7. The van der Waals surface area contributed by atoms with Crippen LogP contribution in [0.15, 0.2) is 42.5 Å². The molecule has 0 unspecified atom stereocenters. The minimum Gasteiger partial charge on any atom is -0.497 e. The van der Waals surface area contributed by atoms with Gasteiger partial charge >= 0.3 is 5.97 Å². The van der Waals surface area contributed by atoms with Gasteiger partial charge in [-0.05, 0) is 29.8 Å². The summed E-state index contributed by atoms with van der Waals surface area (Å²) in [6, 6.07) is 11.2. The molecule has 3 aromatic rings. The van der Waals surface area contributed by atoms with Gasteiger partial charge in [0.1, 0.15) is 16.4 Å². The molecule has 0 bridgehead atoms. The highest BCUT2D eigenvalue weighted by Crippen LogP contribution is 2.50. The molecule has 1 amide bonds. The number of anilines is 1. The van der Waals surface area contributed by atoms with Gasteiger partial charge in [0, 0.05) is 33.4 Å². The van der Waals surface area contributed by atoms with Crippen LogP contribution in [0.4, 0.5) is 10.1 Å². The Morgan fingerprint density at radius 1 is 1.28 bits per heavy atom. The summed E-state index contributed by atoms with van der Waals surface area (Å²) in [5.41, 5.74) is 1.59. The van der Waals surface area contributed by atoms with Crippen molar-refractivity contribution in [2.45, 2.75) is 12.3 Å². The van der Waals surface area contributed by atoms with Gasteiger partial charge in [0.2, 0.25) is 5.91 Å². The molecule has 1 atom stereocenters. The third-order valence-electron chi connectivity index (χ3n) is 4.83. The van der Waals surface area contributed by atoms with E-state index in [-0.39, 0.29) is 27.8 Å². The number of hydrogen-bond acceptors (Lipinski definition) is 4. The predicted octanol–water partition coefficient (Wildman–Crippen LogP) is 5.39. The van der Waals surface area contributed by atoms with Crippen LogP contribution in [-0.4, -0.2) is 24.1 Å². The number of hydrogen-bond donors (Lipinski definition) is 2. The van der Waals surface area contributed by atoms with Gasteiger partial charge in [-0.3, -0.25) is 4.79 Å². The van der Waals surface area contributed by atoms with Crippen molar-refractivity contribution in [1.29, 1.82) is 0 Å². The molecule has 2 aromatic carbocycles. The van der Waals surface area contributed by atoms with Crippen molar-refractivity contribution in [3.05, 3.63) is 68.6 Å². The van der Waals surface area contributed by atoms with E-state index in [1.54, 1.807) is 30.3 Å². The molecule has 0 aliphatic carbocycles. The van der Waals surface area contributed by atoms with Crippen molar-refractivity contribution in [1.82, 2.24) is 0 Å². The number of fused-ring (bicyclic) bond motifs is 1. The number of thiophene rings is 1. The molecule has 0 fully saturated rings. The molecule has 1 aromatic heterocycles. The number of carbonyl (C=O) groups is 2. The number of benzene rings is 2. The molecule has 0 radical (unpaired) electrons. The number of ether oxygens (including phenoxy) is 1. The third kappa shape index (κ3) is 3.36. The number of carbonyl (C=O) groups excluding carboxylic acids is 1. The van der Waals surface area contributed by atoms with Gasteiger partial charge in [0.25, 0.3) is 0 Å². The van der Waals surface area contributed by atoms with Crippen LogP contribution < -0.4 is 10.1 Å². The SMILES string of the molecule is COc1ccc(-c2c(C(=O)O)sc3c2NC(=O)C[C@@H]3c2c(F)cccc2Cl)cc1. The number of carboxylic acids is 1. The van der Waals surface area contributed by atoms with Crippen LogP contribution in [0, 0.1) is 5.82 Å². The number of aromatic carboxylic acids is 1. The third-order valence-corrected chi connectivity index (χ3v) is 6.45. The molecular weight excluding hydrogens is 417 g/mol. The van der Waals surface area contributed by atoms with Crippen molar-refractivity contribution in [3.63, 3.8) is 0 Å². The highest BCUT2D eigenvalue weighted by Gasteiger charge is 2.36. The van der Waals surface area contributed by atoms with Gasteiger partial charge < -0.3 is 15.2 Å². The summed E-state index contributed by atoms with van der Waals surface area (Å²) in [6.07, 6.45) is -0.0186. The Morgan fingerprint density at radius 2 is 2.00 bits per heavy atom. The maximum Gasteiger partial charge on any atom is 0.346 e. The number of rotatable bonds is 4. The zero-order valence-electron chi connectivity index (χ0n) is 15.2. The van der Waals surface area contributed by atoms with Gasteiger partial charge in [0.15, 0.2) is 0 Å². The summed E-state index contributed by atoms with van der Waals surface area (Å²) >= 11 is 7.27. The molecule has 4 rings (SSSR count). The first kappa shape index (κ1) is 19.4. The second-order valence-electron chi connectivity index (χ2n) is 6.52. The molecule has 148 valence electrons. The molecule has 0 saturated heterocycles. The fourth-order valence-corrected chi connectivity index (χ4v) is 5.07. The van der Waals surface area contributed by atoms with Crippen LogP contribution in [0.25, 0.3) is 11.1 Å². The highest BCUT2D eigenvalue weighted by molar-refractivity contribution is 7.15. The van der Waals surface area contributed by atoms with Crippen LogP contribution in [0.2, 0.25) is 5.02 Å². The Bertz CT molecular complexity index is 1110. The average Bonchev–Trinajstić information content (AvgIpc) is 3.07. The first-order valence-electron chi connectivity index (χ1n) is 8.68. The van der Waals surface area contributed by atoms with E-state index in [9.17, 15) is 19.1 Å². The van der Waals surface area contributed by atoms with E-state index in [1.165, 1.54) is 19.2 Å². The summed E-state index contributed by atoms with van der Waals surface area (Å²) in [7, 11) is 1.53. The van der Waals surface area contributed by atoms with E-state index >= 15 is 0 Å². The van der Waals surface area contributed by atoms with Crippen LogP contribution in [-0.2, 0) is 4.79 Å². The lowest BCUT2D eigenvalue weighted by Crippen LogP contribution is -2.23. The lowest BCUT2D eigenvalue weighted by Gasteiger charge is -2.25. The van der Waals surface area contributed by atoms with Crippen LogP contribution >= 0.6 is 22.9 Å². The monoisotopic (exact) mass is 431 g/mol. The van der Waals surface area contributed by atoms with Crippen molar-refractivity contribution < 1.29 is 23.8 Å². The zero-order valence-corrected chi connectivity index (χ0v) is 16.7. The maximum atomic E-state index is 14.6. The molecule has 0 saturated carbocycles. The van der Waals surface area contributed by atoms with Gasteiger partial charge in [-0.25, -0.2) is 9.18 Å². The van der Waals surface area contributed by atoms with Gasteiger partial charge in [-0.1, -0.05) is 29.8 Å². The van der Waals surface area contributed by atoms with Crippen molar-refractivity contribution in [3.8, 4) is 16.9 Å². The Balaban J connectivity index is 1.95. The van der Waals surface area contributed by atoms with Crippen LogP contribution in [0.1, 0.15) is 32.5 Å². The van der Waals surface area contributed by atoms with Crippen LogP contribution in [0.5, 0.6) is 5.75 Å². The van der Waals surface area contributed by atoms with E-state index in [2.05, 4.69) is 5.32 Å². The quantitative estimate of drug-likeness (QED) is 0.580. The highest BCUT2D eigenvalue weighted by atomic mass is 35.5. The van der Waals surface area contributed by atoms with Gasteiger partial charge in [-0.2, -0.15) is 0 Å². The number of methoxy groups -OCH3 is 1. The molecule has 0 spiro atoms. The predicted molar refractivity (Wildman–Crippen MR) is 110 cm³/mol. The molecule has 2 heterocycles. The minimum atomic E-state index is -1.12. The Kier molecular flexibility index (Phi) is 5.02. The molecule has 8 heteroatoms. The molecule has 5 nitrogen and oxygen atoms in total. The Hall–Kier alpha value is -2.90. The molecule has 1 aliphatic rings. The number of halogens is 2. The summed E-state index contributed by atoms with van der Waals surface area (Å²) < 4.78 is 19.7. The normalized spacial score (nSPS) is 15.6. The van der Waals surface area contributed by atoms with Crippen molar-refractivity contribution in [2.75, 3.05) is 12.4 Å². The first-order chi connectivity index (χ1) is 13.9. The largest absolute Gasteiger partial charge is 0.497 e. The van der Waals surface area contributed by atoms with Gasteiger partial charge in [0.05, 0.1) is 12.8 Å². The summed E-state index contributed by atoms with van der Waals surface area (Å²) in [6.45, 7) is 0. The molecule has 29 heavy (non-hydrogen) atoms. The number of carboxylic acid groups (broad SMARTS) is 1. The van der Waals surface area contributed by atoms with Crippen molar-refractivity contribution in [2.24, 2.45) is 0 Å².